The number of ether oxygens (including phenoxy) is 1. The summed E-state index contributed by atoms with van der Waals surface area (Å²) in [6.45, 7) is 3.11. The van der Waals surface area contributed by atoms with Gasteiger partial charge >= 0.3 is 5.97 Å². The minimum atomic E-state index is -1.56. The second kappa shape index (κ2) is 7.42. The van der Waals surface area contributed by atoms with Crippen LogP contribution in [0.25, 0.3) is 0 Å². The molecule has 0 bridgehead atoms. The fraction of sp³-hybridized carbons (Fsp3) is 0.591. The minimum absolute atomic E-state index is 0.0430. The van der Waals surface area contributed by atoms with Crippen LogP contribution in [0.3, 0.4) is 0 Å². The smallest absolute Gasteiger partial charge is 0.344 e. The highest BCUT2D eigenvalue weighted by molar-refractivity contribution is 5.81. The fourth-order valence-electron chi connectivity index (χ4n) is 4.61. The molecule has 0 aromatic heterocycles. The summed E-state index contributed by atoms with van der Waals surface area (Å²) in [5.41, 5.74) is -0.934. The average Bonchev–Trinajstić information content (AvgIpc) is 3.07. The summed E-state index contributed by atoms with van der Waals surface area (Å²) in [7, 11) is 0. The molecule has 2 unspecified atom stereocenters. The van der Waals surface area contributed by atoms with E-state index in [4.69, 9.17) is 4.74 Å². The van der Waals surface area contributed by atoms with Crippen molar-refractivity contribution in [2.24, 2.45) is 17.8 Å². The van der Waals surface area contributed by atoms with E-state index in [-0.39, 0.29) is 12.5 Å². The van der Waals surface area contributed by atoms with Gasteiger partial charge in [-0.05, 0) is 36.7 Å². The number of benzene rings is 1. The number of likely N-dealkylation sites (tertiary alicyclic amines) is 1. The summed E-state index contributed by atoms with van der Waals surface area (Å²) in [6, 6.07) is 9.21. The molecule has 26 heavy (non-hydrogen) atoms. The Labute approximate surface area is 155 Å². The lowest BCUT2D eigenvalue weighted by Gasteiger charge is -2.31. The lowest BCUT2D eigenvalue weighted by atomic mass is 9.80. The van der Waals surface area contributed by atoms with Gasteiger partial charge in [-0.25, -0.2) is 4.79 Å². The summed E-state index contributed by atoms with van der Waals surface area (Å²) < 4.78 is 5.39. The van der Waals surface area contributed by atoms with Crippen molar-refractivity contribution in [3.63, 3.8) is 0 Å². The molecular weight excluding hydrogens is 326 g/mol. The van der Waals surface area contributed by atoms with Gasteiger partial charge in [0.05, 0.1) is 6.54 Å². The van der Waals surface area contributed by atoms with E-state index in [0.29, 0.717) is 5.56 Å². The molecule has 1 aromatic carbocycles. The molecule has 4 nitrogen and oxygen atoms in total. The van der Waals surface area contributed by atoms with Crippen LogP contribution in [0, 0.1) is 29.6 Å². The van der Waals surface area contributed by atoms with E-state index in [1.54, 1.807) is 0 Å². The Balaban J connectivity index is 1.35. The van der Waals surface area contributed by atoms with Gasteiger partial charge in [0.2, 0.25) is 0 Å². The van der Waals surface area contributed by atoms with Crippen molar-refractivity contribution in [2.45, 2.75) is 37.7 Å². The van der Waals surface area contributed by atoms with Crippen LogP contribution in [0.2, 0.25) is 0 Å². The summed E-state index contributed by atoms with van der Waals surface area (Å²) in [6.07, 6.45) is 5.18. The number of carbonyl (C=O) groups excluding carboxylic acids is 1. The number of piperidine rings is 1. The summed E-state index contributed by atoms with van der Waals surface area (Å²) in [5, 5.41) is 11.3. The van der Waals surface area contributed by atoms with E-state index < -0.39 is 11.6 Å². The van der Waals surface area contributed by atoms with Crippen molar-refractivity contribution in [1.29, 1.82) is 0 Å². The first kappa shape index (κ1) is 17.6. The Morgan fingerprint density at radius 2 is 1.85 bits per heavy atom. The third-order valence-electron chi connectivity index (χ3n) is 6.23. The molecule has 3 fully saturated rings. The number of aliphatic hydroxyl groups is 1. The van der Waals surface area contributed by atoms with Gasteiger partial charge in [0.15, 0.2) is 12.2 Å². The highest BCUT2D eigenvalue weighted by Gasteiger charge is 2.47. The monoisotopic (exact) mass is 353 g/mol. The van der Waals surface area contributed by atoms with Crippen molar-refractivity contribution in [1.82, 2.24) is 4.90 Å². The first-order chi connectivity index (χ1) is 12.7. The van der Waals surface area contributed by atoms with Gasteiger partial charge in [0.25, 0.3) is 0 Å². The van der Waals surface area contributed by atoms with Crippen molar-refractivity contribution in [2.75, 3.05) is 26.2 Å². The van der Waals surface area contributed by atoms with E-state index in [0.717, 1.165) is 57.2 Å². The molecule has 0 spiro atoms. The predicted molar refractivity (Wildman–Crippen MR) is 99.1 cm³/mol. The highest BCUT2D eigenvalue weighted by atomic mass is 16.5. The number of fused-ring (bicyclic) bond motifs is 1. The van der Waals surface area contributed by atoms with E-state index in [2.05, 4.69) is 16.7 Å². The van der Waals surface area contributed by atoms with E-state index in [1.165, 1.54) is 6.42 Å². The number of hydrogen-bond donors (Lipinski definition) is 1. The van der Waals surface area contributed by atoms with Crippen LogP contribution in [-0.4, -0.2) is 42.2 Å². The Hall–Kier alpha value is -1.83. The molecule has 2 aliphatic carbocycles. The van der Waals surface area contributed by atoms with E-state index >= 15 is 0 Å². The number of nitrogens with zero attached hydrogens (tertiary/aromatic N) is 1. The summed E-state index contributed by atoms with van der Waals surface area (Å²) in [5.74, 6) is 7.21. The molecule has 2 saturated carbocycles. The van der Waals surface area contributed by atoms with Crippen molar-refractivity contribution in [3.8, 4) is 11.8 Å². The van der Waals surface area contributed by atoms with Gasteiger partial charge in [-0.3, -0.25) is 4.90 Å². The zero-order valence-corrected chi connectivity index (χ0v) is 15.2. The molecule has 0 amide bonds. The lowest BCUT2D eigenvalue weighted by Crippen LogP contribution is -2.43. The van der Waals surface area contributed by atoms with Crippen LogP contribution >= 0.6 is 0 Å². The maximum absolute atomic E-state index is 12.8. The van der Waals surface area contributed by atoms with Gasteiger partial charge in [-0.1, -0.05) is 55.0 Å². The molecule has 4 heteroatoms. The van der Waals surface area contributed by atoms with Gasteiger partial charge in [0.1, 0.15) is 0 Å². The van der Waals surface area contributed by atoms with Crippen LogP contribution in [0.4, 0.5) is 0 Å². The molecular formula is C22H27NO3. The van der Waals surface area contributed by atoms with Crippen LogP contribution in [0.15, 0.2) is 30.3 Å². The van der Waals surface area contributed by atoms with Crippen molar-refractivity contribution < 1.29 is 14.6 Å². The van der Waals surface area contributed by atoms with Crippen molar-refractivity contribution >= 4 is 5.97 Å². The molecule has 4 rings (SSSR count). The third kappa shape index (κ3) is 3.51. The van der Waals surface area contributed by atoms with Gasteiger partial charge in [-0.15, -0.1) is 0 Å². The zero-order chi connectivity index (χ0) is 18.0. The Bertz CT molecular complexity index is 691. The molecule has 1 aliphatic heterocycles. The van der Waals surface area contributed by atoms with Crippen LogP contribution in [-0.2, 0) is 15.1 Å². The van der Waals surface area contributed by atoms with Crippen molar-refractivity contribution in [3.05, 3.63) is 35.9 Å². The quantitative estimate of drug-likeness (QED) is 0.653. The summed E-state index contributed by atoms with van der Waals surface area (Å²) in [4.78, 5) is 15.1. The Morgan fingerprint density at radius 3 is 2.54 bits per heavy atom. The van der Waals surface area contributed by atoms with Crippen LogP contribution < -0.4 is 0 Å². The van der Waals surface area contributed by atoms with Crippen LogP contribution in [0.1, 0.15) is 37.7 Å². The maximum Gasteiger partial charge on any atom is 0.344 e. The zero-order valence-electron chi connectivity index (χ0n) is 15.2. The van der Waals surface area contributed by atoms with Crippen LogP contribution in [0.5, 0.6) is 0 Å². The first-order valence-electron chi connectivity index (χ1n) is 9.81. The van der Waals surface area contributed by atoms with Gasteiger partial charge in [0, 0.05) is 19.0 Å². The fourth-order valence-corrected chi connectivity index (χ4v) is 4.61. The van der Waals surface area contributed by atoms with E-state index in [9.17, 15) is 9.90 Å². The topological polar surface area (TPSA) is 49.8 Å². The molecule has 1 heterocycles. The predicted octanol–water partition coefficient (Wildman–Crippen LogP) is 2.56. The second-order valence-electron chi connectivity index (χ2n) is 7.99. The molecule has 1 aromatic rings. The SMILES string of the molecule is O=C(OCC#CCN1CC2CC2C1)[C@](O)(c1ccccc1)C1CCCC1. The number of carbonyl (C=O) groups is 1. The maximum atomic E-state index is 12.8. The molecule has 138 valence electrons. The molecule has 1 saturated heterocycles. The highest BCUT2D eigenvalue weighted by Crippen LogP contribution is 2.44. The van der Waals surface area contributed by atoms with Gasteiger partial charge in [-0.2, -0.15) is 0 Å². The number of rotatable bonds is 5. The Kier molecular flexibility index (Phi) is 5.02. The standard InChI is InChI=1S/C22H27NO3/c24-21(26-13-7-6-12-23-15-17-14-18(17)16-23)22(25,20-10-4-5-11-20)19-8-2-1-3-9-19/h1-3,8-9,17-18,20,25H,4-5,10-16H2/t17?,18?,22-/m0/s1. The molecule has 0 radical (unpaired) electrons. The normalized spacial score (nSPS) is 27.3. The number of esters is 1. The van der Waals surface area contributed by atoms with E-state index in [1.807, 2.05) is 30.3 Å². The summed E-state index contributed by atoms with van der Waals surface area (Å²) >= 11 is 0. The first-order valence-corrected chi connectivity index (χ1v) is 9.81. The Morgan fingerprint density at radius 1 is 1.15 bits per heavy atom. The lowest BCUT2D eigenvalue weighted by molar-refractivity contribution is -0.172. The largest absolute Gasteiger partial charge is 0.450 e. The molecule has 3 atom stereocenters. The third-order valence-corrected chi connectivity index (χ3v) is 6.23. The minimum Gasteiger partial charge on any atom is -0.450 e. The second-order valence-corrected chi connectivity index (χ2v) is 7.99. The number of hydrogen-bond acceptors (Lipinski definition) is 4. The molecule has 1 N–H and O–H groups in total. The molecule has 3 aliphatic rings. The van der Waals surface area contributed by atoms with Gasteiger partial charge < -0.3 is 9.84 Å². The average molecular weight is 353 g/mol.